The van der Waals surface area contributed by atoms with Gasteiger partial charge in [-0.15, -0.1) is 11.3 Å². The average Bonchev–Trinajstić information content (AvgIpc) is 3.47. The number of hydrogen-bond acceptors (Lipinski definition) is 7. The van der Waals surface area contributed by atoms with Gasteiger partial charge in [0.15, 0.2) is 0 Å². The summed E-state index contributed by atoms with van der Waals surface area (Å²) in [6, 6.07) is 9.57. The van der Waals surface area contributed by atoms with E-state index in [-0.39, 0.29) is 25.5 Å². The number of nitrogens with zero attached hydrogens (tertiary/aromatic N) is 1. The molecule has 0 spiro atoms. The number of hydrogen-bond donors (Lipinski definition) is 5. The number of carboxylic acids is 1. The van der Waals surface area contributed by atoms with Crippen molar-refractivity contribution in [3.8, 4) is 0 Å². The van der Waals surface area contributed by atoms with Crippen LogP contribution >= 0.6 is 11.3 Å². The highest BCUT2D eigenvalue weighted by atomic mass is 32.1. The van der Waals surface area contributed by atoms with Gasteiger partial charge < -0.3 is 26.2 Å². The third-order valence-corrected chi connectivity index (χ3v) is 6.13. The molecule has 44 heavy (non-hydrogen) atoms. The minimum Gasteiger partial charge on any atom is -0.480 e. The fraction of sp³-hybridized carbons (Fsp3) is 0.424. The summed E-state index contributed by atoms with van der Waals surface area (Å²) in [6.45, 7) is 17.9. The van der Waals surface area contributed by atoms with E-state index in [4.69, 9.17) is 10.2 Å². The number of allylic oxidation sites excluding steroid dienone is 4. The molecule has 0 unspecified atom stereocenters. The number of rotatable bonds is 14. The molecular formula is C33H50N4O6S. The number of carbonyl (C=O) groups excluding carboxylic acids is 3. The van der Waals surface area contributed by atoms with Crippen molar-refractivity contribution in [2.75, 3.05) is 13.1 Å². The zero-order valence-electron chi connectivity index (χ0n) is 26.9. The molecule has 0 saturated carbocycles. The van der Waals surface area contributed by atoms with Crippen LogP contribution in [0, 0.1) is 5.92 Å². The predicted molar refractivity (Wildman–Crippen MR) is 178 cm³/mol. The Morgan fingerprint density at radius 3 is 2.09 bits per heavy atom. The Labute approximate surface area is 266 Å². The Morgan fingerprint density at radius 2 is 1.66 bits per heavy atom. The van der Waals surface area contributed by atoms with E-state index in [9.17, 15) is 19.2 Å². The zero-order valence-corrected chi connectivity index (χ0v) is 27.7. The summed E-state index contributed by atoms with van der Waals surface area (Å²) < 4.78 is 0. The van der Waals surface area contributed by atoms with E-state index in [1.54, 1.807) is 17.5 Å². The number of carbonyl (C=O) groups is 4. The van der Waals surface area contributed by atoms with Crippen molar-refractivity contribution < 1.29 is 29.4 Å². The fourth-order valence-corrected chi connectivity index (χ4v) is 3.76. The predicted octanol–water partition coefficient (Wildman–Crippen LogP) is 4.61. The van der Waals surface area contributed by atoms with E-state index in [0.717, 1.165) is 12.0 Å². The van der Waals surface area contributed by atoms with Gasteiger partial charge in [-0.25, -0.2) is 4.98 Å². The molecule has 0 fully saturated rings. The van der Waals surface area contributed by atoms with Gasteiger partial charge in [-0.2, -0.15) is 0 Å². The first kappa shape index (κ1) is 42.0. The molecule has 1 heterocycles. The smallest absolute Gasteiger partial charge is 0.322 e. The van der Waals surface area contributed by atoms with Crippen LogP contribution in [0.1, 0.15) is 64.2 Å². The second kappa shape index (κ2) is 26.5. The Kier molecular flexibility index (Phi) is 25.4. The van der Waals surface area contributed by atoms with E-state index in [2.05, 4.69) is 65.3 Å². The number of carboxylic acid groups (broad SMARTS) is 1. The minimum absolute atomic E-state index is 0.0295. The molecule has 0 bridgehead atoms. The molecule has 1 aromatic heterocycles. The highest BCUT2D eigenvalue weighted by Gasteiger charge is 2.22. The molecule has 0 aliphatic rings. The van der Waals surface area contributed by atoms with Crippen molar-refractivity contribution in [1.29, 1.82) is 0 Å². The zero-order chi connectivity index (χ0) is 33.9. The molecule has 3 amide bonds. The number of aryl methyl sites for hydroxylation is 1. The first-order valence-electron chi connectivity index (χ1n) is 14.5. The van der Waals surface area contributed by atoms with Crippen molar-refractivity contribution in [2.45, 2.75) is 73.5 Å². The van der Waals surface area contributed by atoms with Crippen molar-refractivity contribution in [3.63, 3.8) is 0 Å². The van der Waals surface area contributed by atoms with Crippen molar-refractivity contribution in [3.05, 3.63) is 88.9 Å². The molecule has 0 aliphatic heterocycles. The lowest BCUT2D eigenvalue weighted by Crippen LogP contribution is -2.50. The molecule has 0 aliphatic carbocycles. The van der Waals surface area contributed by atoms with Crippen LogP contribution in [0.25, 0.3) is 0 Å². The highest BCUT2D eigenvalue weighted by molar-refractivity contribution is 7.09. The van der Waals surface area contributed by atoms with Gasteiger partial charge in [-0.05, 0) is 31.2 Å². The summed E-state index contributed by atoms with van der Waals surface area (Å²) in [4.78, 5) is 50.5. The number of amides is 3. The molecule has 2 rings (SSSR count). The first-order chi connectivity index (χ1) is 20.9. The van der Waals surface area contributed by atoms with Crippen molar-refractivity contribution >= 4 is 35.0 Å². The molecule has 11 heteroatoms. The maximum absolute atomic E-state index is 12.0. The largest absolute Gasteiger partial charge is 0.480 e. The molecule has 10 nitrogen and oxygen atoms in total. The summed E-state index contributed by atoms with van der Waals surface area (Å²) in [7, 11) is 0. The van der Waals surface area contributed by atoms with Crippen LogP contribution in [-0.4, -0.2) is 58.0 Å². The van der Waals surface area contributed by atoms with Crippen LogP contribution in [0.3, 0.4) is 0 Å². The lowest BCUT2D eigenvalue weighted by Gasteiger charge is -2.19. The third kappa shape index (κ3) is 22.5. The standard InChI is InChI=1S/C16H24N4O6S.C8H10.C7H10.C2H6/c1-9(2)3-11(16(26)18-6-15(24)25)20-13(23)5-17-12(22)4-10-8-27-14(7-21)19-10;1-2-8-6-4-3-5-7-8;1-4-6-7(3)5-2;1-2/h8-9,11,21H,3-7H2,1-2H3,(H,17,22)(H,18,26)(H,20,23)(H,24,25);3-7H,2H2,1H3;4-6H,1-2H2,3H3;1-2H3/b;;7-6-;/t11-;;;/m0.../s1. The Bertz CT molecular complexity index is 1160. The van der Waals surface area contributed by atoms with Gasteiger partial charge >= 0.3 is 5.97 Å². The summed E-state index contributed by atoms with van der Waals surface area (Å²) in [6.07, 6.45) is 6.89. The van der Waals surface area contributed by atoms with E-state index < -0.39 is 36.3 Å². The van der Waals surface area contributed by atoms with Gasteiger partial charge in [-0.1, -0.05) is 102 Å². The highest BCUT2D eigenvalue weighted by Crippen LogP contribution is 2.10. The summed E-state index contributed by atoms with van der Waals surface area (Å²) in [5.41, 5.74) is 3.05. The molecule has 0 saturated heterocycles. The second-order valence-corrected chi connectivity index (χ2v) is 10.3. The number of aliphatic carboxylic acids is 1. The maximum atomic E-state index is 12.0. The van der Waals surface area contributed by atoms with E-state index >= 15 is 0 Å². The average molecular weight is 631 g/mol. The van der Waals surface area contributed by atoms with Gasteiger partial charge in [0.05, 0.1) is 25.3 Å². The van der Waals surface area contributed by atoms with E-state index in [0.29, 0.717) is 17.1 Å². The lowest BCUT2D eigenvalue weighted by molar-refractivity contribution is -0.138. The van der Waals surface area contributed by atoms with Crippen LogP contribution in [0.2, 0.25) is 0 Å². The van der Waals surface area contributed by atoms with Crippen LogP contribution in [-0.2, 0) is 38.6 Å². The Balaban J connectivity index is 0. The quantitative estimate of drug-likeness (QED) is 0.191. The molecule has 5 N–H and O–H groups in total. The number of aliphatic hydroxyl groups is 1. The number of nitrogens with one attached hydrogen (secondary N) is 3. The first-order valence-corrected chi connectivity index (χ1v) is 15.4. The van der Waals surface area contributed by atoms with Crippen LogP contribution < -0.4 is 16.0 Å². The van der Waals surface area contributed by atoms with Crippen LogP contribution in [0.4, 0.5) is 0 Å². The number of thiazole rings is 1. The summed E-state index contributed by atoms with van der Waals surface area (Å²) >= 11 is 1.23. The van der Waals surface area contributed by atoms with Gasteiger partial charge in [-0.3, -0.25) is 19.2 Å². The molecule has 244 valence electrons. The van der Waals surface area contributed by atoms with Gasteiger partial charge in [0.25, 0.3) is 0 Å². The normalized spacial score (nSPS) is 10.7. The topological polar surface area (TPSA) is 158 Å². The molecule has 1 aromatic carbocycles. The molecule has 2 aromatic rings. The lowest BCUT2D eigenvalue weighted by atomic mass is 10.0. The van der Waals surface area contributed by atoms with Crippen LogP contribution in [0.5, 0.6) is 0 Å². The SMILES string of the molecule is C=C/C=C(/C)C=C.CC.CC(C)C[C@H](NC(=O)CNC(=O)Cc1csc(CO)n1)C(=O)NCC(=O)O.CCc1ccccc1. The van der Waals surface area contributed by atoms with Crippen molar-refractivity contribution in [2.24, 2.45) is 5.92 Å². The van der Waals surface area contributed by atoms with Gasteiger partial charge in [0, 0.05) is 5.38 Å². The third-order valence-electron chi connectivity index (χ3n) is 5.25. The summed E-state index contributed by atoms with van der Waals surface area (Å²) in [5, 5.41) is 26.9. The van der Waals surface area contributed by atoms with Gasteiger partial charge in [0.2, 0.25) is 17.7 Å². The molecule has 1 atom stereocenters. The van der Waals surface area contributed by atoms with Crippen molar-refractivity contribution in [1.82, 2.24) is 20.9 Å². The fourth-order valence-electron chi connectivity index (χ4n) is 3.11. The molecular weight excluding hydrogens is 580 g/mol. The monoisotopic (exact) mass is 630 g/mol. The minimum atomic E-state index is -1.18. The maximum Gasteiger partial charge on any atom is 0.322 e. The van der Waals surface area contributed by atoms with Gasteiger partial charge in [0.1, 0.15) is 17.6 Å². The van der Waals surface area contributed by atoms with Crippen LogP contribution in [0.15, 0.2) is 72.7 Å². The second-order valence-electron chi connectivity index (χ2n) is 9.40. The number of aliphatic hydroxyl groups excluding tert-OH is 1. The number of aromatic nitrogens is 1. The Hall–Kier alpha value is -4.09. The van der Waals surface area contributed by atoms with E-state index in [1.165, 1.54) is 16.9 Å². The van der Waals surface area contributed by atoms with E-state index in [1.807, 2.05) is 46.8 Å². The summed E-state index contributed by atoms with van der Waals surface area (Å²) in [5.74, 6) is -2.67. The molecule has 0 radical (unpaired) electrons. The number of benzene rings is 1. The Morgan fingerprint density at radius 1 is 1.02 bits per heavy atom.